The second-order valence-electron chi connectivity index (χ2n) is 4.73. The van der Waals surface area contributed by atoms with Crippen LogP contribution in [-0.4, -0.2) is 0 Å². The van der Waals surface area contributed by atoms with Gasteiger partial charge in [0.25, 0.3) is 0 Å². The summed E-state index contributed by atoms with van der Waals surface area (Å²) in [4.78, 5) is 0.740. The quantitative estimate of drug-likeness (QED) is 0.812. The fraction of sp³-hybridized carbons (Fsp3) is 0.545. The van der Waals surface area contributed by atoms with E-state index in [4.69, 9.17) is 11.0 Å². The van der Waals surface area contributed by atoms with Crippen molar-refractivity contribution in [3.05, 3.63) is 21.9 Å². The highest BCUT2D eigenvalue weighted by molar-refractivity contribution is 7.10. The summed E-state index contributed by atoms with van der Waals surface area (Å²) in [6, 6.07) is 4.07. The average Bonchev–Trinajstić information content (AvgIpc) is 2.48. The maximum atomic E-state index is 8.68. The first-order valence-corrected chi connectivity index (χ1v) is 5.54. The van der Waals surface area contributed by atoms with Crippen LogP contribution in [0.3, 0.4) is 0 Å². The minimum Gasteiger partial charge on any atom is -0.324 e. The zero-order valence-corrected chi connectivity index (χ0v) is 9.69. The van der Waals surface area contributed by atoms with E-state index in [9.17, 15) is 0 Å². The molecule has 1 aromatic rings. The monoisotopic (exact) mass is 208 g/mol. The molecule has 2 nitrogen and oxygen atoms in total. The van der Waals surface area contributed by atoms with Gasteiger partial charge in [-0.25, -0.2) is 0 Å². The van der Waals surface area contributed by atoms with Crippen LogP contribution in [-0.2, 0) is 0 Å². The first kappa shape index (κ1) is 11.2. The SMILES string of the molecule is CC(C)(C)C[C@@H](N)c1csc(C#N)c1. The normalized spacial score (nSPS) is 13.6. The molecule has 0 aliphatic heterocycles. The third-order valence-corrected chi connectivity index (χ3v) is 2.84. The Morgan fingerprint density at radius 2 is 2.21 bits per heavy atom. The van der Waals surface area contributed by atoms with Crippen molar-refractivity contribution in [1.82, 2.24) is 0 Å². The number of hydrogen-bond donors (Lipinski definition) is 1. The van der Waals surface area contributed by atoms with Crippen LogP contribution in [0.1, 0.15) is 43.7 Å². The molecule has 0 aromatic carbocycles. The van der Waals surface area contributed by atoms with E-state index in [1.807, 2.05) is 11.4 Å². The third kappa shape index (κ3) is 3.13. The van der Waals surface area contributed by atoms with Crippen molar-refractivity contribution in [2.24, 2.45) is 11.1 Å². The largest absolute Gasteiger partial charge is 0.324 e. The van der Waals surface area contributed by atoms with Gasteiger partial charge in [0.15, 0.2) is 0 Å². The minimum absolute atomic E-state index is 0.0494. The molecule has 0 bridgehead atoms. The molecule has 0 fully saturated rings. The van der Waals surface area contributed by atoms with E-state index in [1.165, 1.54) is 11.3 Å². The molecular formula is C11H16N2S. The van der Waals surface area contributed by atoms with Gasteiger partial charge < -0.3 is 5.73 Å². The zero-order valence-electron chi connectivity index (χ0n) is 8.87. The number of nitriles is 1. The number of nitrogens with zero attached hydrogens (tertiary/aromatic N) is 1. The molecule has 1 rings (SSSR count). The van der Waals surface area contributed by atoms with Gasteiger partial charge in [0.2, 0.25) is 0 Å². The van der Waals surface area contributed by atoms with Crippen LogP contribution in [0.2, 0.25) is 0 Å². The van der Waals surface area contributed by atoms with Crippen LogP contribution >= 0.6 is 11.3 Å². The lowest BCUT2D eigenvalue weighted by molar-refractivity contribution is 0.343. The highest BCUT2D eigenvalue weighted by atomic mass is 32.1. The zero-order chi connectivity index (χ0) is 10.8. The van der Waals surface area contributed by atoms with Crippen molar-refractivity contribution in [3.63, 3.8) is 0 Å². The second-order valence-corrected chi connectivity index (χ2v) is 5.64. The predicted octanol–water partition coefficient (Wildman–Crippen LogP) is 3.06. The Morgan fingerprint density at radius 3 is 2.64 bits per heavy atom. The lowest BCUT2D eigenvalue weighted by Gasteiger charge is -2.22. The molecule has 3 heteroatoms. The van der Waals surface area contributed by atoms with Crippen molar-refractivity contribution in [3.8, 4) is 6.07 Å². The molecule has 14 heavy (non-hydrogen) atoms. The molecule has 0 amide bonds. The van der Waals surface area contributed by atoms with Gasteiger partial charge in [-0.05, 0) is 28.8 Å². The maximum Gasteiger partial charge on any atom is 0.110 e. The lowest BCUT2D eigenvalue weighted by atomic mass is 9.86. The Balaban J connectivity index is 2.71. The fourth-order valence-electron chi connectivity index (χ4n) is 1.38. The summed E-state index contributed by atoms with van der Waals surface area (Å²) in [6.07, 6.45) is 0.939. The molecule has 1 aromatic heterocycles. The smallest absolute Gasteiger partial charge is 0.110 e. The molecule has 1 atom stereocenters. The molecule has 1 heterocycles. The molecule has 0 unspecified atom stereocenters. The molecule has 0 saturated heterocycles. The van der Waals surface area contributed by atoms with Gasteiger partial charge in [0, 0.05) is 6.04 Å². The molecule has 0 spiro atoms. The van der Waals surface area contributed by atoms with E-state index in [0.717, 1.165) is 16.9 Å². The van der Waals surface area contributed by atoms with Gasteiger partial charge in [-0.15, -0.1) is 11.3 Å². The molecule has 76 valence electrons. The molecule has 0 radical (unpaired) electrons. The Morgan fingerprint density at radius 1 is 1.57 bits per heavy atom. The summed E-state index contributed by atoms with van der Waals surface area (Å²) < 4.78 is 0. The van der Waals surface area contributed by atoms with Gasteiger partial charge >= 0.3 is 0 Å². The van der Waals surface area contributed by atoms with E-state index in [1.54, 1.807) is 0 Å². The second kappa shape index (κ2) is 4.12. The van der Waals surface area contributed by atoms with Crippen LogP contribution in [0.25, 0.3) is 0 Å². The van der Waals surface area contributed by atoms with Gasteiger partial charge in [-0.1, -0.05) is 20.8 Å². The summed E-state index contributed by atoms with van der Waals surface area (Å²) in [7, 11) is 0. The molecule has 0 aliphatic carbocycles. The van der Waals surface area contributed by atoms with Gasteiger partial charge in [-0.3, -0.25) is 0 Å². The highest BCUT2D eigenvalue weighted by Crippen LogP contribution is 2.29. The van der Waals surface area contributed by atoms with E-state index in [0.29, 0.717) is 0 Å². The molecule has 0 aliphatic rings. The van der Waals surface area contributed by atoms with Gasteiger partial charge in [0.1, 0.15) is 10.9 Å². The Labute approximate surface area is 89.4 Å². The van der Waals surface area contributed by atoms with Crippen molar-refractivity contribution in [2.45, 2.75) is 33.2 Å². The van der Waals surface area contributed by atoms with Crippen LogP contribution in [0, 0.1) is 16.7 Å². The average molecular weight is 208 g/mol. The molecule has 2 N–H and O–H groups in total. The maximum absolute atomic E-state index is 8.68. The summed E-state index contributed by atoms with van der Waals surface area (Å²) in [5, 5.41) is 10.7. The van der Waals surface area contributed by atoms with Gasteiger partial charge in [-0.2, -0.15) is 5.26 Å². The first-order chi connectivity index (χ1) is 6.42. The van der Waals surface area contributed by atoms with Crippen molar-refractivity contribution < 1.29 is 0 Å². The van der Waals surface area contributed by atoms with Crippen LogP contribution in [0.4, 0.5) is 0 Å². The molecular weight excluding hydrogens is 192 g/mol. The molecule has 0 saturated carbocycles. The summed E-state index contributed by atoms with van der Waals surface area (Å²) in [6.45, 7) is 6.51. The summed E-state index contributed by atoms with van der Waals surface area (Å²) >= 11 is 1.46. The Kier molecular flexibility index (Phi) is 3.30. The van der Waals surface area contributed by atoms with Crippen LogP contribution < -0.4 is 5.73 Å². The van der Waals surface area contributed by atoms with Crippen molar-refractivity contribution in [1.29, 1.82) is 5.26 Å². The fourth-order valence-corrected chi connectivity index (χ4v) is 2.14. The van der Waals surface area contributed by atoms with E-state index in [2.05, 4.69) is 26.8 Å². The number of thiophene rings is 1. The predicted molar refractivity (Wildman–Crippen MR) is 60.0 cm³/mol. The van der Waals surface area contributed by atoms with Crippen molar-refractivity contribution in [2.75, 3.05) is 0 Å². The van der Waals surface area contributed by atoms with Crippen LogP contribution in [0.15, 0.2) is 11.4 Å². The van der Waals surface area contributed by atoms with E-state index in [-0.39, 0.29) is 11.5 Å². The summed E-state index contributed by atoms with van der Waals surface area (Å²) in [5.41, 5.74) is 7.36. The van der Waals surface area contributed by atoms with Crippen LogP contribution in [0.5, 0.6) is 0 Å². The Bertz CT molecular complexity index is 341. The summed E-state index contributed by atoms with van der Waals surface area (Å²) in [5.74, 6) is 0. The third-order valence-electron chi connectivity index (χ3n) is 1.99. The minimum atomic E-state index is 0.0494. The Hall–Kier alpha value is -0.850. The topological polar surface area (TPSA) is 49.8 Å². The first-order valence-electron chi connectivity index (χ1n) is 4.66. The number of rotatable bonds is 2. The van der Waals surface area contributed by atoms with Gasteiger partial charge in [0.05, 0.1) is 0 Å². The van der Waals surface area contributed by atoms with E-state index < -0.39 is 0 Å². The van der Waals surface area contributed by atoms with Crippen molar-refractivity contribution >= 4 is 11.3 Å². The number of nitrogens with two attached hydrogens (primary N) is 1. The van der Waals surface area contributed by atoms with E-state index >= 15 is 0 Å². The number of hydrogen-bond acceptors (Lipinski definition) is 3. The highest BCUT2D eigenvalue weighted by Gasteiger charge is 2.17. The lowest BCUT2D eigenvalue weighted by Crippen LogP contribution is -2.18. The standard InChI is InChI=1S/C11H16N2S/c1-11(2,3)5-10(13)8-4-9(6-12)14-7-8/h4,7,10H,5,13H2,1-3H3/t10-/m1/s1.